The zero-order chi connectivity index (χ0) is 14.4. The van der Waals surface area contributed by atoms with Gasteiger partial charge >= 0.3 is 0 Å². The molecule has 0 bridgehead atoms. The van der Waals surface area contributed by atoms with Gasteiger partial charge in [0.15, 0.2) is 0 Å². The SMILES string of the molecule is CCCNCc1cc(Cl)ccc1OC1CCCCC1O. The summed E-state index contributed by atoms with van der Waals surface area (Å²) >= 11 is 6.07. The van der Waals surface area contributed by atoms with E-state index in [4.69, 9.17) is 16.3 Å². The average molecular weight is 298 g/mol. The predicted molar refractivity (Wildman–Crippen MR) is 82.3 cm³/mol. The minimum atomic E-state index is -0.351. The van der Waals surface area contributed by atoms with Crippen LogP contribution < -0.4 is 10.1 Å². The molecule has 3 nitrogen and oxygen atoms in total. The number of aliphatic hydroxyl groups is 1. The Morgan fingerprint density at radius 1 is 1.35 bits per heavy atom. The third kappa shape index (κ3) is 4.37. The van der Waals surface area contributed by atoms with Gasteiger partial charge in [-0.05, 0) is 50.4 Å². The molecule has 1 aromatic carbocycles. The van der Waals surface area contributed by atoms with Crippen LogP contribution >= 0.6 is 11.6 Å². The first-order valence-corrected chi connectivity index (χ1v) is 7.92. The highest BCUT2D eigenvalue weighted by molar-refractivity contribution is 6.30. The molecule has 0 amide bonds. The molecule has 2 N–H and O–H groups in total. The average Bonchev–Trinajstić information content (AvgIpc) is 2.44. The summed E-state index contributed by atoms with van der Waals surface area (Å²) in [6.07, 6.45) is 4.63. The summed E-state index contributed by atoms with van der Waals surface area (Å²) in [7, 11) is 0. The zero-order valence-electron chi connectivity index (χ0n) is 12.1. The van der Waals surface area contributed by atoms with E-state index in [9.17, 15) is 5.11 Å². The predicted octanol–water partition coefficient (Wildman–Crippen LogP) is 3.52. The number of hydrogen-bond acceptors (Lipinski definition) is 3. The number of rotatable bonds is 6. The van der Waals surface area contributed by atoms with Crippen LogP contribution in [0.3, 0.4) is 0 Å². The molecule has 0 heterocycles. The van der Waals surface area contributed by atoms with Crippen molar-refractivity contribution >= 4 is 11.6 Å². The Kier molecular flexibility index (Phi) is 6.14. The van der Waals surface area contributed by atoms with Gasteiger partial charge in [0.25, 0.3) is 0 Å². The van der Waals surface area contributed by atoms with Crippen LogP contribution in [-0.4, -0.2) is 23.9 Å². The van der Waals surface area contributed by atoms with E-state index in [0.717, 1.165) is 61.5 Å². The smallest absolute Gasteiger partial charge is 0.124 e. The molecular weight excluding hydrogens is 274 g/mol. The van der Waals surface area contributed by atoms with Gasteiger partial charge in [-0.1, -0.05) is 24.9 Å². The van der Waals surface area contributed by atoms with Gasteiger partial charge < -0.3 is 15.2 Å². The van der Waals surface area contributed by atoms with Gasteiger partial charge in [0.1, 0.15) is 11.9 Å². The molecule has 2 atom stereocenters. The van der Waals surface area contributed by atoms with Crippen molar-refractivity contribution in [1.29, 1.82) is 0 Å². The van der Waals surface area contributed by atoms with Crippen LogP contribution in [0, 0.1) is 0 Å². The Morgan fingerprint density at radius 2 is 2.15 bits per heavy atom. The lowest BCUT2D eigenvalue weighted by Crippen LogP contribution is -2.35. The van der Waals surface area contributed by atoms with Crippen molar-refractivity contribution in [1.82, 2.24) is 5.32 Å². The Labute approximate surface area is 126 Å². The molecule has 1 aliphatic carbocycles. The quantitative estimate of drug-likeness (QED) is 0.789. The second-order valence-corrected chi connectivity index (χ2v) is 5.87. The van der Waals surface area contributed by atoms with E-state index in [0.29, 0.717) is 0 Å². The van der Waals surface area contributed by atoms with Gasteiger partial charge in [-0.15, -0.1) is 0 Å². The second-order valence-electron chi connectivity index (χ2n) is 5.44. The standard InChI is InChI=1S/C16H24ClNO2/c1-2-9-18-11-12-10-13(17)7-8-15(12)20-16-6-4-3-5-14(16)19/h7-8,10,14,16,18-19H,2-6,9,11H2,1H3. The van der Waals surface area contributed by atoms with Gasteiger partial charge in [0, 0.05) is 17.1 Å². The lowest BCUT2D eigenvalue weighted by molar-refractivity contribution is 0.00636. The number of ether oxygens (including phenoxy) is 1. The Balaban J connectivity index is 2.05. The number of halogens is 1. The fourth-order valence-corrected chi connectivity index (χ4v) is 2.77. The first-order valence-electron chi connectivity index (χ1n) is 7.54. The second kappa shape index (κ2) is 7.87. The largest absolute Gasteiger partial charge is 0.487 e. The van der Waals surface area contributed by atoms with E-state index < -0.39 is 0 Å². The Morgan fingerprint density at radius 3 is 2.90 bits per heavy atom. The third-order valence-electron chi connectivity index (χ3n) is 3.71. The number of hydrogen-bond donors (Lipinski definition) is 2. The number of benzene rings is 1. The summed E-state index contributed by atoms with van der Waals surface area (Å²) in [6.45, 7) is 3.85. The van der Waals surface area contributed by atoms with Crippen LogP contribution in [-0.2, 0) is 6.54 Å². The molecule has 1 aromatic rings. The normalized spacial score (nSPS) is 22.8. The molecule has 2 unspecified atom stereocenters. The fourth-order valence-electron chi connectivity index (χ4n) is 2.58. The maximum atomic E-state index is 10.0. The fraction of sp³-hybridized carbons (Fsp3) is 0.625. The van der Waals surface area contributed by atoms with Crippen LogP contribution in [0.15, 0.2) is 18.2 Å². The molecule has 1 aliphatic rings. The highest BCUT2D eigenvalue weighted by Gasteiger charge is 2.25. The molecule has 0 aromatic heterocycles. The number of aliphatic hydroxyl groups excluding tert-OH is 1. The Bertz CT molecular complexity index is 425. The molecule has 0 radical (unpaired) electrons. The van der Waals surface area contributed by atoms with Gasteiger partial charge in [-0.3, -0.25) is 0 Å². The van der Waals surface area contributed by atoms with Crippen molar-refractivity contribution in [3.8, 4) is 5.75 Å². The monoisotopic (exact) mass is 297 g/mol. The first-order chi connectivity index (χ1) is 9.70. The molecule has 1 saturated carbocycles. The lowest BCUT2D eigenvalue weighted by Gasteiger charge is -2.29. The van der Waals surface area contributed by atoms with E-state index in [1.165, 1.54) is 0 Å². The van der Waals surface area contributed by atoms with E-state index in [-0.39, 0.29) is 12.2 Å². The van der Waals surface area contributed by atoms with Crippen molar-refractivity contribution in [3.05, 3.63) is 28.8 Å². The zero-order valence-corrected chi connectivity index (χ0v) is 12.8. The molecular formula is C16H24ClNO2. The molecule has 0 spiro atoms. The summed E-state index contributed by atoms with van der Waals surface area (Å²) in [5.41, 5.74) is 1.06. The molecule has 20 heavy (non-hydrogen) atoms. The van der Waals surface area contributed by atoms with Crippen molar-refractivity contribution in [2.75, 3.05) is 6.54 Å². The molecule has 0 saturated heterocycles. The summed E-state index contributed by atoms with van der Waals surface area (Å²) in [5.74, 6) is 0.837. The van der Waals surface area contributed by atoms with Crippen molar-refractivity contribution < 1.29 is 9.84 Å². The highest BCUT2D eigenvalue weighted by Crippen LogP contribution is 2.28. The topological polar surface area (TPSA) is 41.5 Å². The molecule has 1 fully saturated rings. The maximum Gasteiger partial charge on any atom is 0.124 e. The van der Waals surface area contributed by atoms with E-state index in [1.807, 2.05) is 18.2 Å². The summed E-state index contributed by atoms with van der Waals surface area (Å²) in [4.78, 5) is 0. The third-order valence-corrected chi connectivity index (χ3v) is 3.95. The van der Waals surface area contributed by atoms with Gasteiger partial charge in [0.05, 0.1) is 6.10 Å². The summed E-state index contributed by atoms with van der Waals surface area (Å²) in [6, 6.07) is 5.69. The lowest BCUT2D eigenvalue weighted by atomic mass is 9.95. The first kappa shape index (κ1) is 15.6. The molecule has 4 heteroatoms. The van der Waals surface area contributed by atoms with Gasteiger partial charge in [-0.25, -0.2) is 0 Å². The molecule has 2 rings (SSSR count). The van der Waals surface area contributed by atoms with E-state index in [2.05, 4.69) is 12.2 Å². The highest BCUT2D eigenvalue weighted by atomic mass is 35.5. The van der Waals surface area contributed by atoms with Crippen molar-refractivity contribution in [3.63, 3.8) is 0 Å². The Hall–Kier alpha value is -0.770. The number of nitrogens with one attached hydrogen (secondary N) is 1. The van der Waals surface area contributed by atoms with Crippen LogP contribution in [0.1, 0.15) is 44.6 Å². The van der Waals surface area contributed by atoms with Crippen LogP contribution in [0.25, 0.3) is 0 Å². The molecule has 0 aliphatic heterocycles. The van der Waals surface area contributed by atoms with Crippen LogP contribution in [0.5, 0.6) is 5.75 Å². The summed E-state index contributed by atoms with van der Waals surface area (Å²) in [5, 5.41) is 14.1. The van der Waals surface area contributed by atoms with Gasteiger partial charge in [0.2, 0.25) is 0 Å². The minimum Gasteiger partial charge on any atom is -0.487 e. The van der Waals surface area contributed by atoms with Crippen molar-refractivity contribution in [2.24, 2.45) is 0 Å². The maximum absolute atomic E-state index is 10.0. The van der Waals surface area contributed by atoms with Crippen LogP contribution in [0.2, 0.25) is 5.02 Å². The van der Waals surface area contributed by atoms with E-state index in [1.54, 1.807) is 0 Å². The van der Waals surface area contributed by atoms with Crippen molar-refractivity contribution in [2.45, 2.75) is 57.8 Å². The van der Waals surface area contributed by atoms with Crippen LogP contribution in [0.4, 0.5) is 0 Å². The van der Waals surface area contributed by atoms with E-state index >= 15 is 0 Å². The summed E-state index contributed by atoms with van der Waals surface area (Å²) < 4.78 is 6.04. The van der Waals surface area contributed by atoms with Gasteiger partial charge in [-0.2, -0.15) is 0 Å². The molecule has 112 valence electrons. The minimum absolute atomic E-state index is 0.0881.